The molecule has 0 aliphatic carbocycles. The molecule has 4 nitrogen and oxygen atoms in total. The summed E-state index contributed by atoms with van der Waals surface area (Å²) >= 11 is 3.40. The molecule has 5 heteroatoms. The number of rotatable bonds is 3. The van der Waals surface area contributed by atoms with Crippen LogP contribution >= 0.6 is 15.9 Å². The second-order valence-corrected chi connectivity index (χ2v) is 4.34. The SMILES string of the molecule is Cc1cc(N(C)CC(N)=O)c(Br)cc1N. The number of amides is 1. The first-order chi connectivity index (χ1) is 6.91. The van der Waals surface area contributed by atoms with Crippen LogP contribution in [-0.4, -0.2) is 19.5 Å². The van der Waals surface area contributed by atoms with Crippen molar-refractivity contribution in [2.45, 2.75) is 6.92 Å². The van der Waals surface area contributed by atoms with Crippen molar-refractivity contribution < 1.29 is 4.79 Å². The van der Waals surface area contributed by atoms with Gasteiger partial charge in [-0.05, 0) is 40.5 Å². The zero-order valence-electron chi connectivity index (χ0n) is 8.75. The van der Waals surface area contributed by atoms with Crippen LogP contribution in [0, 0.1) is 6.92 Å². The molecular formula is C10H14BrN3O. The molecule has 0 atom stereocenters. The number of benzene rings is 1. The number of carbonyl (C=O) groups is 1. The molecule has 0 spiro atoms. The molecule has 0 fully saturated rings. The van der Waals surface area contributed by atoms with Gasteiger partial charge in [0.05, 0.1) is 12.2 Å². The van der Waals surface area contributed by atoms with Gasteiger partial charge in [0.25, 0.3) is 0 Å². The van der Waals surface area contributed by atoms with E-state index in [1.807, 2.05) is 19.1 Å². The third-order valence-electron chi connectivity index (χ3n) is 2.14. The molecule has 15 heavy (non-hydrogen) atoms. The summed E-state index contributed by atoms with van der Waals surface area (Å²) in [5.41, 5.74) is 13.5. The van der Waals surface area contributed by atoms with Gasteiger partial charge in [-0.25, -0.2) is 0 Å². The van der Waals surface area contributed by atoms with Crippen molar-refractivity contribution in [3.8, 4) is 0 Å². The summed E-state index contributed by atoms with van der Waals surface area (Å²) in [6.07, 6.45) is 0. The van der Waals surface area contributed by atoms with Gasteiger partial charge < -0.3 is 16.4 Å². The largest absolute Gasteiger partial charge is 0.398 e. The second-order valence-electron chi connectivity index (χ2n) is 3.48. The molecule has 0 aliphatic heterocycles. The smallest absolute Gasteiger partial charge is 0.236 e. The average molecular weight is 272 g/mol. The Kier molecular flexibility index (Phi) is 3.57. The first-order valence-corrected chi connectivity index (χ1v) is 5.26. The molecular weight excluding hydrogens is 258 g/mol. The van der Waals surface area contributed by atoms with Crippen molar-refractivity contribution in [2.75, 3.05) is 24.2 Å². The third kappa shape index (κ3) is 2.86. The fourth-order valence-corrected chi connectivity index (χ4v) is 1.96. The van der Waals surface area contributed by atoms with Gasteiger partial charge in [-0.1, -0.05) is 0 Å². The molecule has 0 unspecified atom stereocenters. The number of anilines is 2. The number of aryl methyl sites for hydroxylation is 1. The Morgan fingerprint density at radius 2 is 2.13 bits per heavy atom. The van der Waals surface area contributed by atoms with Crippen LogP contribution in [0.15, 0.2) is 16.6 Å². The maximum atomic E-state index is 10.8. The molecule has 0 aliphatic rings. The average Bonchev–Trinajstić information content (AvgIpc) is 2.09. The highest BCUT2D eigenvalue weighted by molar-refractivity contribution is 9.10. The van der Waals surface area contributed by atoms with E-state index in [9.17, 15) is 4.79 Å². The predicted molar refractivity (Wildman–Crippen MR) is 65.8 cm³/mol. The fourth-order valence-electron chi connectivity index (χ4n) is 1.29. The Bertz CT molecular complexity index is 392. The lowest BCUT2D eigenvalue weighted by Gasteiger charge is -2.20. The summed E-state index contributed by atoms with van der Waals surface area (Å²) in [4.78, 5) is 12.6. The number of primary amides is 1. The summed E-state index contributed by atoms with van der Waals surface area (Å²) in [5.74, 6) is -0.362. The van der Waals surface area contributed by atoms with Gasteiger partial charge in [-0.15, -0.1) is 0 Å². The van der Waals surface area contributed by atoms with Gasteiger partial charge in [0.1, 0.15) is 0 Å². The normalized spacial score (nSPS) is 10.1. The number of hydrogen-bond acceptors (Lipinski definition) is 3. The molecule has 1 aromatic carbocycles. The first kappa shape index (κ1) is 11.8. The van der Waals surface area contributed by atoms with Crippen molar-refractivity contribution >= 4 is 33.2 Å². The maximum absolute atomic E-state index is 10.8. The lowest BCUT2D eigenvalue weighted by atomic mass is 10.1. The van der Waals surface area contributed by atoms with Crippen LogP contribution in [0.25, 0.3) is 0 Å². The second kappa shape index (κ2) is 4.53. The van der Waals surface area contributed by atoms with E-state index >= 15 is 0 Å². The molecule has 1 amide bonds. The standard InChI is InChI=1S/C10H14BrN3O/c1-6-3-9(7(11)4-8(6)12)14(2)5-10(13)15/h3-4H,5,12H2,1-2H3,(H2,13,15). The van der Waals surface area contributed by atoms with Gasteiger partial charge in [0.2, 0.25) is 5.91 Å². The molecule has 82 valence electrons. The van der Waals surface area contributed by atoms with E-state index < -0.39 is 0 Å². The molecule has 0 saturated heterocycles. The van der Waals surface area contributed by atoms with E-state index in [-0.39, 0.29) is 12.5 Å². The fraction of sp³-hybridized carbons (Fsp3) is 0.300. The molecule has 1 aromatic rings. The minimum Gasteiger partial charge on any atom is -0.398 e. The Hall–Kier alpha value is -1.23. The summed E-state index contributed by atoms with van der Waals surface area (Å²) in [6.45, 7) is 2.10. The predicted octanol–water partition coefficient (Wildman–Crippen LogP) is 1.26. The van der Waals surface area contributed by atoms with Gasteiger partial charge in [0, 0.05) is 17.2 Å². The van der Waals surface area contributed by atoms with Crippen LogP contribution in [0.5, 0.6) is 0 Å². The maximum Gasteiger partial charge on any atom is 0.236 e. The molecule has 0 saturated carbocycles. The number of hydrogen-bond donors (Lipinski definition) is 2. The number of halogens is 1. The number of likely N-dealkylation sites (N-methyl/N-ethyl adjacent to an activating group) is 1. The van der Waals surface area contributed by atoms with Crippen molar-refractivity contribution in [1.82, 2.24) is 0 Å². The summed E-state index contributed by atoms with van der Waals surface area (Å²) in [7, 11) is 1.81. The Morgan fingerprint density at radius 3 is 2.67 bits per heavy atom. The number of nitrogens with two attached hydrogens (primary N) is 2. The van der Waals surface area contributed by atoms with Gasteiger partial charge in [-0.2, -0.15) is 0 Å². The molecule has 4 N–H and O–H groups in total. The molecule has 1 rings (SSSR count). The van der Waals surface area contributed by atoms with Crippen molar-refractivity contribution in [3.05, 3.63) is 22.2 Å². The Morgan fingerprint density at radius 1 is 1.53 bits per heavy atom. The van der Waals surface area contributed by atoms with E-state index in [1.54, 1.807) is 11.9 Å². The van der Waals surface area contributed by atoms with E-state index in [2.05, 4.69) is 15.9 Å². The zero-order valence-corrected chi connectivity index (χ0v) is 10.3. The minimum absolute atomic E-state index is 0.182. The van der Waals surface area contributed by atoms with E-state index in [4.69, 9.17) is 11.5 Å². The lowest BCUT2D eigenvalue weighted by Crippen LogP contribution is -2.30. The van der Waals surface area contributed by atoms with Crippen molar-refractivity contribution in [3.63, 3.8) is 0 Å². The van der Waals surface area contributed by atoms with Crippen LogP contribution in [0.4, 0.5) is 11.4 Å². The minimum atomic E-state index is -0.362. The number of nitrogen functional groups attached to an aromatic ring is 1. The van der Waals surface area contributed by atoms with Crippen LogP contribution in [0.3, 0.4) is 0 Å². The van der Waals surface area contributed by atoms with Crippen LogP contribution < -0.4 is 16.4 Å². The Labute approximate surface area is 97.4 Å². The summed E-state index contributed by atoms with van der Waals surface area (Å²) in [5, 5.41) is 0. The number of carbonyl (C=O) groups excluding carboxylic acids is 1. The van der Waals surface area contributed by atoms with Crippen LogP contribution in [-0.2, 0) is 4.79 Å². The molecule has 0 radical (unpaired) electrons. The van der Waals surface area contributed by atoms with Gasteiger partial charge in [0.15, 0.2) is 0 Å². The quantitative estimate of drug-likeness (QED) is 0.814. The molecule has 0 heterocycles. The Balaban J connectivity index is 3.03. The monoisotopic (exact) mass is 271 g/mol. The van der Waals surface area contributed by atoms with Crippen LogP contribution in [0.1, 0.15) is 5.56 Å². The van der Waals surface area contributed by atoms with Crippen molar-refractivity contribution in [2.24, 2.45) is 5.73 Å². The zero-order chi connectivity index (χ0) is 11.6. The number of nitrogens with zero attached hydrogens (tertiary/aromatic N) is 1. The van der Waals surface area contributed by atoms with Gasteiger partial charge in [-0.3, -0.25) is 4.79 Å². The van der Waals surface area contributed by atoms with Crippen molar-refractivity contribution in [1.29, 1.82) is 0 Å². The van der Waals surface area contributed by atoms with E-state index in [0.29, 0.717) is 0 Å². The topological polar surface area (TPSA) is 72.3 Å². The molecule has 0 bridgehead atoms. The highest BCUT2D eigenvalue weighted by Crippen LogP contribution is 2.29. The van der Waals surface area contributed by atoms with Crippen LogP contribution in [0.2, 0.25) is 0 Å². The summed E-state index contributed by atoms with van der Waals surface area (Å²) in [6, 6.07) is 3.74. The first-order valence-electron chi connectivity index (χ1n) is 4.47. The lowest BCUT2D eigenvalue weighted by molar-refractivity contribution is -0.116. The third-order valence-corrected chi connectivity index (χ3v) is 2.77. The summed E-state index contributed by atoms with van der Waals surface area (Å²) < 4.78 is 0.856. The highest BCUT2D eigenvalue weighted by Gasteiger charge is 2.09. The molecule has 0 aromatic heterocycles. The highest BCUT2D eigenvalue weighted by atomic mass is 79.9. The van der Waals surface area contributed by atoms with Gasteiger partial charge >= 0.3 is 0 Å². The van der Waals surface area contributed by atoms with E-state index in [0.717, 1.165) is 21.4 Å². The van der Waals surface area contributed by atoms with E-state index in [1.165, 1.54) is 0 Å².